The molecule has 0 saturated carbocycles. The number of aromatic nitrogens is 1. The Morgan fingerprint density at radius 3 is 2.73 bits per heavy atom. The minimum absolute atomic E-state index is 0.0411. The van der Waals surface area contributed by atoms with E-state index in [1.54, 1.807) is 13.0 Å². The molecule has 0 amide bonds. The summed E-state index contributed by atoms with van der Waals surface area (Å²) in [4.78, 5) is 11.2. The Balaban J connectivity index is 2.61. The second-order valence-electron chi connectivity index (χ2n) is 3.99. The monoisotopic (exact) mass is 203 g/mol. The molecule has 0 aliphatic rings. The van der Waals surface area contributed by atoms with Crippen LogP contribution in [0, 0.1) is 0 Å². The normalized spacial score (nSPS) is 11.2. The average molecular weight is 203 g/mol. The SMILES string of the molecule is CC(=O)c1ccc2c(C(C)C)noc2c1. The molecule has 3 nitrogen and oxygen atoms in total. The fourth-order valence-corrected chi connectivity index (χ4v) is 1.59. The van der Waals surface area contributed by atoms with Gasteiger partial charge in [0.2, 0.25) is 0 Å². The number of carbonyl (C=O) groups is 1. The van der Waals surface area contributed by atoms with E-state index in [1.165, 1.54) is 0 Å². The zero-order valence-electron chi connectivity index (χ0n) is 9.07. The molecule has 1 aromatic carbocycles. The molecule has 0 unspecified atom stereocenters. The molecule has 2 aromatic rings. The van der Waals surface area contributed by atoms with E-state index in [0.29, 0.717) is 17.1 Å². The maximum absolute atomic E-state index is 11.2. The predicted molar refractivity (Wildman–Crippen MR) is 58.1 cm³/mol. The van der Waals surface area contributed by atoms with Crippen LogP contribution in [-0.4, -0.2) is 10.9 Å². The molecule has 0 N–H and O–H groups in total. The fourth-order valence-electron chi connectivity index (χ4n) is 1.59. The third kappa shape index (κ3) is 1.65. The van der Waals surface area contributed by atoms with Gasteiger partial charge in [0.15, 0.2) is 11.4 Å². The summed E-state index contributed by atoms with van der Waals surface area (Å²) in [7, 11) is 0. The van der Waals surface area contributed by atoms with Crippen LogP contribution in [0.1, 0.15) is 42.7 Å². The molecule has 0 spiro atoms. The van der Waals surface area contributed by atoms with E-state index in [9.17, 15) is 4.79 Å². The van der Waals surface area contributed by atoms with Gasteiger partial charge in [0.05, 0.1) is 5.69 Å². The highest BCUT2D eigenvalue weighted by Crippen LogP contribution is 2.25. The van der Waals surface area contributed by atoms with E-state index in [4.69, 9.17) is 4.52 Å². The van der Waals surface area contributed by atoms with Crippen LogP contribution in [-0.2, 0) is 0 Å². The summed E-state index contributed by atoms with van der Waals surface area (Å²) in [6, 6.07) is 5.46. The molecule has 0 atom stereocenters. The van der Waals surface area contributed by atoms with Crippen molar-refractivity contribution < 1.29 is 9.32 Å². The molecule has 0 fully saturated rings. The number of ketones is 1. The first kappa shape index (κ1) is 9.90. The number of fused-ring (bicyclic) bond motifs is 1. The van der Waals surface area contributed by atoms with Crippen LogP contribution in [0.2, 0.25) is 0 Å². The van der Waals surface area contributed by atoms with Gasteiger partial charge in [-0.15, -0.1) is 0 Å². The minimum atomic E-state index is 0.0411. The second-order valence-corrected chi connectivity index (χ2v) is 3.99. The van der Waals surface area contributed by atoms with Crippen molar-refractivity contribution in [2.75, 3.05) is 0 Å². The maximum atomic E-state index is 11.2. The summed E-state index contributed by atoms with van der Waals surface area (Å²) < 4.78 is 5.20. The first-order valence-electron chi connectivity index (χ1n) is 5.00. The molecule has 2 rings (SSSR count). The summed E-state index contributed by atoms with van der Waals surface area (Å²) in [6.07, 6.45) is 0. The number of rotatable bonds is 2. The van der Waals surface area contributed by atoms with Gasteiger partial charge in [-0.3, -0.25) is 4.79 Å². The first-order chi connectivity index (χ1) is 7.09. The van der Waals surface area contributed by atoms with E-state index < -0.39 is 0 Å². The fraction of sp³-hybridized carbons (Fsp3) is 0.333. The van der Waals surface area contributed by atoms with Crippen LogP contribution in [0.15, 0.2) is 22.7 Å². The van der Waals surface area contributed by atoms with E-state index >= 15 is 0 Å². The molecule has 1 heterocycles. The van der Waals surface area contributed by atoms with Crippen molar-refractivity contribution in [1.29, 1.82) is 0 Å². The van der Waals surface area contributed by atoms with E-state index in [0.717, 1.165) is 11.1 Å². The predicted octanol–water partition coefficient (Wildman–Crippen LogP) is 3.15. The lowest BCUT2D eigenvalue weighted by Gasteiger charge is -1.98. The van der Waals surface area contributed by atoms with E-state index in [2.05, 4.69) is 19.0 Å². The molecule has 0 aliphatic heterocycles. The lowest BCUT2D eigenvalue weighted by molar-refractivity contribution is 0.101. The van der Waals surface area contributed by atoms with Crippen LogP contribution in [0.4, 0.5) is 0 Å². The Labute approximate surface area is 88.1 Å². The van der Waals surface area contributed by atoms with Crippen LogP contribution in [0.5, 0.6) is 0 Å². The topological polar surface area (TPSA) is 43.1 Å². The molecule has 0 aliphatic carbocycles. The van der Waals surface area contributed by atoms with Crippen molar-refractivity contribution in [3.8, 4) is 0 Å². The van der Waals surface area contributed by atoms with Crippen LogP contribution in [0.25, 0.3) is 11.0 Å². The molecule has 3 heteroatoms. The average Bonchev–Trinajstić information content (AvgIpc) is 2.59. The number of benzene rings is 1. The highest BCUT2D eigenvalue weighted by atomic mass is 16.5. The molecule has 0 saturated heterocycles. The van der Waals surface area contributed by atoms with Gasteiger partial charge in [-0.1, -0.05) is 25.1 Å². The first-order valence-corrected chi connectivity index (χ1v) is 5.00. The maximum Gasteiger partial charge on any atom is 0.167 e. The molecule has 1 aromatic heterocycles. The Hall–Kier alpha value is -1.64. The van der Waals surface area contributed by atoms with Gasteiger partial charge in [-0.05, 0) is 25.0 Å². The number of Topliss-reactive ketones (excluding diaryl/α,β-unsaturated/α-hetero) is 1. The van der Waals surface area contributed by atoms with Crippen molar-refractivity contribution in [2.45, 2.75) is 26.7 Å². The van der Waals surface area contributed by atoms with Gasteiger partial charge in [0.25, 0.3) is 0 Å². The van der Waals surface area contributed by atoms with Gasteiger partial charge in [0.1, 0.15) is 0 Å². The highest BCUT2D eigenvalue weighted by molar-refractivity contribution is 5.97. The van der Waals surface area contributed by atoms with Gasteiger partial charge in [-0.2, -0.15) is 0 Å². The van der Waals surface area contributed by atoms with Crippen LogP contribution in [0.3, 0.4) is 0 Å². The van der Waals surface area contributed by atoms with Gasteiger partial charge >= 0.3 is 0 Å². The summed E-state index contributed by atoms with van der Waals surface area (Å²) >= 11 is 0. The van der Waals surface area contributed by atoms with Crippen molar-refractivity contribution in [3.63, 3.8) is 0 Å². The summed E-state index contributed by atoms with van der Waals surface area (Å²) in [5.41, 5.74) is 2.29. The number of carbonyl (C=O) groups excluding carboxylic acids is 1. The van der Waals surface area contributed by atoms with Crippen LogP contribution >= 0.6 is 0 Å². The summed E-state index contributed by atoms with van der Waals surface area (Å²) in [5, 5.41) is 5.00. The van der Waals surface area contributed by atoms with E-state index in [-0.39, 0.29) is 5.78 Å². The van der Waals surface area contributed by atoms with Gasteiger partial charge in [0, 0.05) is 10.9 Å². The van der Waals surface area contributed by atoms with E-state index in [1.807, 2.05) is 12.1 Å². The quantitative estimate of drug-likeness (QED) is 0.704. The van der Waals surface area contributed by atoms with Gasteiger partial charge < -0.3 is 4.52 Å². The molecular weight excluding hydrogens is 190 g/mol. The Bertz CT molecular complexity index is 511. The number of hydrogen-bond acceptors (Lipinski definition) is 3. The summed E-state index contributed by atoms with van der Waals surface area (Å²) in [5.74, 6) is 0.369. The van der Waals surface area contributed by atoms with Crippen molar-refractivity contribution in [3.05, 3.63) is 29.5 Å². The Kier molecular flexibility index (Phi) is 2.31. The Morgan fingerprint density at radius 2 is 2.13 bits per heavy atom. The number of nitrogens with zero attached hydrogens (tertiary/aromatic N) is 1. The zero-order valence-corrected chi connectivity index (χ0v) is 9.07. The summed E-state index contributed by atoms with van der Waals surface area (Å²) in [6.45, 7) is 5.67. The van der Waals surface area contributed by atoms with Crippen molar-refractivity contribution in [2.24, 2.45) is 0 Å². The Morgan fingerprint density at radius 1 is 1.40 bits per heavy atom. The molecule has 0 radical (unpaired) electrons. The lowest BCUT2D eigenvalue weighted by Crippen LogP contribution is -1.91. The zero-order chi connectivity index (χ0) is 11.0. The molecule has 78 valence electrons. The smallest absolute Gasteiger partial charge is 0.167 e. The number of hydrogen-bond donors (Lipinski definition) is 0. The third-order valence-electron chi connectivity index (χ3n) is 2.45. The molecule has 0 bridgehead atoms. The lowest BCUT2D eigenvalue weighted by atomic mass is 10.0. The third-order valence-corrected chi connectivity index (χ3v) is 2.45. The van der Waals surface area contributed by atoms with Crippen molar-refractivity contribution >= 4 is 16.8 Å². The molecular formula is C12H13NO2. The molecule has 15 heavy (non-hydrogen) atoms. The second kappa shape index (κ2) is 3.50. The highest BCUT2D eigenvalue weighted by Gasteiger charge is 2.12. The van der Waals surface area contributed by atoms with Gasteiger partial charge in [-0.25, -0.2) is 0 Å². The van der Waals surface area contributed by atoms with Crippen LogP contribution < -0.4 is 0 Å². The largest absolute Gasteiger partial charge is 0.356 e. The van der Waals surface area contributed by atoms with Crippen molar-refractivity contribution in [1.82, 2.24) is 5.16 Å². The standard InChI is InChI=1S/C12H13NO2/c1-7(2)12-10-5-4-9(8(3)14)6-11(10)15-13-12/h4-7H,1-3H3. The minimum Gasteiger partial charge on any atom is -0.356 e.